The molecule has 0 aliphatic carbocycles. The molecule has 5 nitrogen and oxygen atoms in total. The summed E-state index contributed by atoms with van der Waals surface area (Å²) in [6, 6.07) is 25.1. The highest BCUT2D eigenvalue weighted by molar-refractivity contribution is 6.02. The summed E-state index contributed by atoms with van der Waals surface area (Å²) in [6.07, 6.45) is 4.17. The molecule has 3 aromatic carbocycles. The first-order valence-corrected chi connectivity index (χ1v) is 11.2. The van der Waals surface area contributed by atoms with Crippen LogP contribution in [-0.2, 0) is 17.8 Å². The van der Waals surface area contributed by atoms with Crippen LogP contribution in [0.4, 0.5) is 5.82 Å². The monoisotopic (exact) mass is 434 g/mol. The molecule has 0 aliphatic rings. The van der Waals surface area contributed by atoms with Gasteiger partial charge in [-0.3, -0.25) is 14.7 Å². The Kier molecular flexibility index (Phi) is 5.63. The Bertz CT molecular complexity index is 1430. The summed E-state index contributed by atoms with van der Waals surface area (Å²) in [5.74, 6) is 0.792. The fourth-order valence-electron chi connectivity index (χ4n) is 4.52. The number of fused-ring (bicyclic) bond motifs is 2. The molecule has 0 radical (unpaired) electrons. The van der Waals surface area contributed by atoms with Gasteiger partial charge in [-0.1, -0.05) is 48.5 Å². The summed E-state index contributed by atoms with van der Waals surface area (Å²) in [6.45, 7) is 2.57. The molecule has 0 atom stereocenters. The van der Waals surface area contributed by atoms with E-state index in [0.29, 0.717) is 19.5 Å². The van der Waals surface area contributed by atoms with Gasteiger partial charge in [-0.25, -0.2) is 0 Å². The molecule has 0 bridgehead atoms. The van der Waals surface area contributed by atoms with E-state index < -0.39 is 0 Å². The van der Waals surface area contributed by atoms with Crippen LogP contribution in [0.5, 0.6) is 0 Å². The maximum atomic E-state index is 12.7. The molecule has 5 aromatic rings. The molecule has 5 heteroatoms. The number of aromatic nitrogens is 2. The van der Waals surface area contributed by atoms with Crippen LogP contribution >= 0.6 is 0 Å². The number of nitrogens with zero attached hydrogens (tertiary/aromatic N) is 2. The maximum Gasteiger partial charge on any atom is 0.225 e. The van der Waals surface area contributed by atoms with Crippen molar-refractivity contribution in [2.75, 3.05) is 11.4 Å². The van der Waals surface area contributed by atoms with Gasteiger partial charge in [0.05, 0.1) is 6.54 Å². The minimum Gasteiger partial charge on any atom is -0.341 e. The van der Waals surface area contributed by atoms with Crippen LogP contribution in [0, 0.1) is 0 Å². The predicted molar refractivity (Wildman–Crippen MR) is 135 cm³/mol. The van der Waals surface area contributed by atoms with Crippen LogP contribution in [0.15, 0.2) is 85.2 Å². The number of anilines is 1. The van der Waals surface area contributed by atoms with Crippen LogP contribution in [0.1, 0.15) is 18.1 Å². The Morgan fingerprint density at radius 2 is 1.76 bits per heavy atom. The zero-order valence-electron chi connectivity index (χ0n) is 18.6. The van der Waals surface area contributed by atoms with Gasteiger partial charge in [0, 0.05) is 35.8 Å². The van der Waals surface area contributed by atoms with E-state index in [0.717, 1.165) is 33.4 Å². The molecule has 2 aromatic heterocycles. The number of hydrogen-bond acceptors (Lipinski definition) is 3. The van der Waals surface area contributed by atoms with Crippen molar-refractivity contribution >= 4 is 33.4 Å². The van der Waals surface area contributed by atoms with Gasteiger partial charge >= 0.3 is 0 Å². The molecular weight excluding hydrogens is 408 g/mol. The number of rotatable bonds is 6. The molecule has 33 heavy (non-hydrogen) atoms. The van der Waals surface area contributed by atoms with Crippen molar-refractivity contribution in [3.63, 3.8) is 0 Å². The lowest BCUT2D eigenvalue weighted by molar-refractivity contribution is -0.116. The zero-order chi connectivity index (χ0) is 22.8. The van der Waals surface area contributed by atoms with Crippen molar-refractivity contribution in [2.24, 2.45) is 5.73 Å². The van der Waals surface area contributed by atoms with Crippen molar-refractivity contribution < 1.29 is 4.79 Å². The predicted octanol–water partition coefficient (Wildman–Crippen LogP) is 5.44. The van der Waals surface area contributed by atoms with Crippen molar-refractivity contribution in [1.29, 1.82) is 0 Å². The van der Waals surface area contributed by atoms with E-state index in [1.54, 1.807) is 24.2 Å². The topological polar surface area (TPSA) is 75.0 Å². The van der Waals surface area contributed by atoms with Crippen LogP contribution in [0.2, 0.25) is 0 Å². The Hall–Kier alpha value is -3.96. The van der Waals surface area contributed by atoms with E-state index in [-0.39, 0.29) is 5.91 Å². The van der Waals surface area contributed by atoms with E-state index >= 15 is 0 Å². The fraction of sp³-hybridized carbons (Fsp3) is 0.143. The highest BCUT2D eigenvalue weighted by atomic mass is 16.2. The normalized spacial score (nSPS) is 11.2. The van der Waals surface area contributed by atoms with Crippen LogP contribution in [0.3, 0.4) is 0 Å². The summed E-state index contributed by atoms with van der Waals surface area (Å²) < 4.78 is 0. The lowest BCUT2D eigenvalue weighted by atomic mass is 9.96. The third kappa shape index (κ3) is 3.99. The van der Waals surface area contributed by atoms with Gasteiger partial charge < -0.3 is 10.7 Å². The van der Waals surface area contributed by atoms with E-state index in [1.165, 1.54) is 16.3 Å². The Balaban J connectivity index is 1.65. The van der Waals surface area contributed by atoms with Crippen molar-refractivity contribution in [3.8, 4) is 11.1 Å². The second-order valence-electron chi connectivity index (χ2n) is 8.24. The number of H-pyrrole nitrogens is 1. The molecular formula is C28H26N4O. The minimum atomic E-state index is -0.0223. The number of aromatic amines is 1. The van der Waals surface area contributed by atoms with Crippen LogP contribution < -0.4 is 10.6 Å². The lowest BCUT2D eigenvalue weighted by Crippen LogP contribution is -2.29. The summed E-state index contributed by atoms with van der Waals surface area (Å²) >= 11 is 0. The smallest absolute Gasteiger partial charge is 0.225 e. The number of nitrogens with two attached hydrogens (primary N) is 1. The molecule has 0 saturated heterocycles. The van der Waals surface area contributed by atoms with Gasteiger partial charge in [0.25, 0.3) is 0 Å². The van der Waals surface area contributed by atoms with Crippen molar-refractivity contribution in [1.82, 2.24) is 9.97 Å². The largest absolute Gasteiger partial charge is 0.341 e. The average molecular weight is 435 g/mol. The zero-order valence-corrected chi connectivity index (χ0v) is 18.6. The summed E-state index contributed by atoms with van der Waals surface area (Å²) in [7, 11) is 0. The summed E-state index contributed by atoms with van der Waals surface area (Å²) in [4.78, 5) is 22.1. The number of benzene rings is 3. The standard InChI is InChI=1S/C28H26N4O/c1-19(33)32(18-20-12-15-30-16-13-20)28-25(11-14-29)26-17-22(9-10-27(26)31-28)24-8-4-6-21-5-2-3-7-23(21)24/h2-10,12-13,15-17,31H,11,14,18,29H2,1H3. The molecule has 0 fully saturated rings. The lowest BCUT2D eigenvalue weighted by Gasteiger charge is -2.21. The van der Waals surface area contributed by atoms with Crippen molar-refractivity contribution in [2.45, 2.75) is 19.9 Å². The number of pyridine rings is 1. The number of hydrogen-bond donors (Lipinski definition) is 2. The molecule has 2 heterocycles. The Labute approximate surface area is 192 Å². The molecule has 3 N–H and O–H groups in total. The molecule has 0 spiro atoms. The highest BCUT2D eigenvalue weighted by Crippen LogP contribution is 2.35. The molecule has 1 amide bonds. The van der Waals surface area contributed by atoms with Gasteiger partial charge in [0.1, 0.15) is 5.82 Å². The first kappa shape index (κ1) is 20.9. The van der Waals surface area contributed by atoms with Gasteiger partial charge in [-0.05, 0) is 64.7 Å². The molecule has 5 rings (SSSR count). The van der Waals surface area contributed by atoms with E-state index in [9.17, 15) is 4.79 Å². The summed E-state index contributed by atoms with van der Waals surface area (Å²) in [5, 5.41) is 3.53. The van der Waals surface area contributed by atoms with Gasteiger partial charge in [0.15, 0.2) is 0 Å². The number of amides is 1. The minimum absolute atomic E-state index is 0.0223. The maximum absolute atomic E-state index is 12.7. The number of carbonyl (C=O) groups is 1. The molecule has 0 aliphatic heterocycles. The molecule has 0 saturated carbocycles. The van der Waals surface area contributed by atoms with Gasteiger partial charge in [-0.2, -0.15) is 0 Å². The quantitative estimate of drug-likeness (QED) is 0.374. The average Bonchev–Trinajstić information content (AvgIpc) is 3.20. The third-order valence-electron chi connectivity index (χ3n) is 6.12. The Morgan fingerprint density at radius 1 is 0.970 bits per heavy atom. The second-order valence-corrected chi connectivity index (χ2v) is 8.24. The fourth-order valence-corrected chi connectivity index (χ4v) is 4.52. The van der Waals surface area contributed by atoms with Crippen LogP contribution in [0.25, 0.3) is 32.8 Å². The highest BCUT2D eigenvalue weighted by Gasteiger charge is 2.21. The number of carbonyl (C=O) groups excluding carboxylic acids is 1. The SMILES string of the molecule is CC(=O)N(Cc1ccncc1)c1[nH]c2ccc(-c3cccc4ccccc34)cc2c1CCN. The Morgan fingerprint density at radius 3 is 2.55 bits per heavy atom. The second kappa shape index (κ2) is 8.88. The number of nitrogens with one attached hydrogen (secondary N) is 1. The van der Waals surface area contributed by atoms with Crippen molar-refractivity contribution in [3.05, 3.63) is 96.3 Å². The first-order chi connectivity index (χ1) is 16.2. The van der Waals surface area contributed by atoms with Gasteiger partial charge in [-0.15, -0.1) is 0 Å². The molecule has 0 unspecified atom stereocenters. The summed E-state index contributed by atoms with van der Waals surface area (Å²) in [5.41, 5.74) is 11.4. The molecule has 164 valence electrons. The van der Waals surface area contributed by atoms with E-state index in [1.807, 2.05) is 12.1 Å². The van der Waals surface area contributed by atoms with Gasteiger partial charge in [0.2, 0.25) is 5.91 Å². The van der Waals surface area contributed by atoms with E-state index in [4.69, 9.17) is 5.73 Å². The van der Waals surface area contributed by atoms with Crippen LogP contribution in [-0.4, -0.2) is 22.4 Å². The third-order valence-corrected chi connectivity index (χ3v) is 6.12. The first-order valence-electron chi connectivity index (χ1n) is 11.2. The van der Waals surface area contributed by atoms with E-state index in [2.05, 4.69) is 70.6 Å².